The van der Waals surface area contributed by atoms with Crippen LogP contribution < -0.4 is 0 Å². The van der Waals surface area contributed by atoms with Crippen LogP contribution >= 0.6 is 0 Å². The van der Waals surface area contributed by atoms with E-state index < -0.39 is 5.97 Å². The summed E-state index contributed by atoms with van der Waals surface area (Å²) < 4.78 is 0. The fraction of sp³-hybridized carbons (Fsp3) is 0.500. The van der Waals surface area contributed by atoms with E-state index in [1.54, 1.807) is 6.08 Å². The first-order valence-corrected chi connectivity index (χ1v) is 2.56. The Morgan fingerprint density at radius 1 is 1.78 bits per heavy atom. The van der Waals surface area contributed by atoms with Crippen molar-refractivity contribution in [1.82, 2.24) is 0 Å². The van der Waals surface area contributed by atoms with Gasteiger partial charge in [-0.15, -0.1) is 6.58 Å². The van der Waals surface area contributed by atoms with Crippen LogP contribution in [0.1, 0.15) is 13.3 Å². The largest absolute Gasteiger partial charge is 0.481 e. The lowest BCUT2D eigenvalue weighted by Gasteiger charge is -1.73. The van der Waals surface area contributed by atoms with Crippen molar-refractivity contribution in [1.29, 1.82) is 0 Å². The molecule has 0 aliphatic carbocycles. The van der Waals surface area contributed by atoms with Crippen molar-refractivity contribution in [3.63, 3.8) is 0 Å². The molecule has 0 fully saturated rings. The molecule has 0 heterocycles. The molecule has 0 aromatic heterocycles. The van der Waals surface area contributed by atoms with Gasteiger partial charge in [-0.25, -0.2) is 0 Å². The molecule has 3 nitrogen and oxygen atoms in total. The third kappa shape index (κ3) is 140. The molecule has 0 radical (unpaired) electrons. The van der Waals surface area contributed by atoms with Gasteiger partial charge in [0, 0.05) is 13.5 Å². The predicted octanol–water partition coefficient (Wildman–Crippen LogP) is 0.646. The maximum absolute atomic E-state index is 9.00. The van der Waals surface area contributed by atoms with Crippen molar-refractivity contribution in [2.24, 2.45) is 0 Å². The van der Waals surface area contributed by atoms with Crippen LogP contribution in [0.4, 0.5) is 0 Å². The Hall–Kier alpha value is -0.830. The maximum Gasteiger partial charge on any atom is 0.300 e. The lowest BCUT2D eigenvalue weighted by Crippen LogP contribution is -1.78. The molecule has 0 aromatic rings. The standard InChI is InChI=1S/C4H8O.C2H4O2/c1-2-3-4-5;1-2(3)4/h2,5H,1,3-4H2;1H3,(H,3,4). The Labute approximate surface area is 54.6 Å². The number of aliphatic hydroxyl groups is 1. The summed E-state index contributed by atoms with van der Waals surface area (Å²) in [5, 5.41) is 15.4. The zero-order valence-corrected chi connectivity index (χ0v) is 5.50. The molecule has 0 spiro atoms. The van der Waals surface area contributed by atoms with Gasteiger partial charge in [-0.3, -0.25) is 4.79 Å². The van der Waals surface area contributed by atoms with Gasteiger partial charge in [-0.2, -0.15) is 0 Å². The Morgan fingerprint density at radius 2 is 2.11 bits per heavy atom. The molecule has 0 aromatic carbocycles. The van der Waals surface area contributed by atoms with E-state index in [0.717, 1.165) is 6.92 Å². The minimum atomic E-state index is -0.833. The summed E-state index contributed by atoms with van der Waals surface area (Å²) in [5.74, 6) is -0.833. The molecule has 0 rings (SSSR count). The van der Waals surface area contributed by atoms with Crippen molar-refractivity contribution in [3.8, 4) is 0 Å². The van der Waals surface area contributed by atoms with Crippen LogP contribution in [-0.4, -0.2) is 22.8 Å². The zero-order chi connectivity index (χ0) is 7.70. The van der Waals surface area contributed by atoms with Crippen molar-refractivity contribution in [2.45, 2.75) is 13.3 Å². The van der Waals surface area contributed by atoms with Crippen LogP contribution in [0.2, 0.25) is 0 Å². The van der Waals surface area contributed by atoms with Crippen molar-refractivity contribution >= 4 is 5.97 Å². The van der Waals surface area contributed by atoms with E-state index >= 15 is 0 Å². The zero-order valence-electron chi connectivity index (χ0n) is 5.50. The normalized spacial score (nSPS) is 6.89. The predicted molar refractivity (Wildman–Crippen MR) is 35.2 cm³/mol. The first-order chi connectivity index (χ1) is 4.15. The minimum Gasteiger partial charge on any atom is -0.481 e. The molecular weight excluding hydrogens is 120 g/mol. The number of aliphatic carboxylic acids is 1. The fourth-order valence-electron chi connectivity index (χ4n) is 0.0913. The van der Waals surface area contributed by atoms with Crippen LogP contribution in [0.5, 0.6) is 0 Å². The van der Waals surface area contributed by atoms with Crippen molar-refractivity contribution in [2.75, 3.05) is 6.61 Å². The number of carboxylic acid groups (broad SMARTS) is 1. The number of aliphatic hydroxyl groups excluding tert-OH is 1. The van der Waals surface area contributed by atoms with Crippen LogP contribution in [-0.2, 0) is 4.79 Å². The summed E-state index contributed by atoms with van der Waals surface area (Å²) in [6.07, 6.45) is 2.39. The monoisotopic (exact) mass is 132 g/mol. The van der Waals surface area contributed by atoms with Gasteiger partial charge in [0.1, 0.15) is 0 Å². The van der Waals surface area contributed by atoms with Gasteiger partial charge in [0.05, 0.1) is 0 Å². The van der Waals surface area contributed by atoms with Crippen LogP contribution in [0, 0.1) is 0 Å². The van der Waals surface area contributed by atoms with E-state index in [1.165, 1.54) is 0 Å². The SMILES string of the molecule is C=CCCO.CC(=O)O. The van der Waals surface area contributed by atoms with Gasteiger partial charge in [-0.05, 0) is 6.42 Å². The Kier molecular flexibility index (Phi) is 12.5. The van der Waals surface area contributed by atoms with Crippen LogP contribution in [0.25, 0.3) is 0 Å². The molecule has 0 amide bonds. The van der Waals surface area contributed by atoms with E-state index in [4.69, 9.17) is 15.0 Å². The topological polar surface area (TPSA) is 57.5 Å². The molecule has 0 atom stereocenters. The Morgan fingerprint density at radius 3 is 2.11 bits per heavy atom. The molecule has 3 heteroatoms. The quantitative estimate of drug-likeness (QED) is 0.542. The highest BCUT2D eigenvalue weighted by Crippen LogP contribution is 1.69. The van der Waals surface area contributed by atoms with Crippen LogP contribution in [0.15, 0.2) is 12.7 Å². The first-order valence-electron chi connectivity index (χ1n) is 2.56. The lowest BCUT2D eigenvalue weighted by molar-refractivity contribution is -0.134. The fourth-order valence-corrected chi connectivity index (χ4v) is 0.0913. The van der Waals surface area contributed by atoms with Gasteiger partial charge in [0.25, 0.3) is 5.97 Å². The lowest BCUT2D eigenvalue weighted by atomic mass is 10.5. The molecule has 0 bridgehead atoms. The Balaban J connectivity index is 0. The summed E-state index contributed by atoms with van der Waals surface area (Å²) in [7, 11) is 0. The van der Waals surface area contributed by atoms with Gasteiger partial charge in [0.15, 0.2) is 0 Å². The van der Waals surface area contributed by atoms with E-state index in [0.29, 0.717) is 6.42 Å². The summed E-state index contributed by atoms with van der Waals surface area (Å²) in [5.41, 5.74) is 0. The van der Waals surface area contributed by atoms with Gasteiger partial charge < -0.3 is 10.2 Å². The molecular formula is C6H12O3. The average Bonchev–Trinajstić information content (AvgIpc) is 1.66. The third-order valence-electron chi connectivity index (χ3n) is 0.333. The molecule has 9 heavy (non-hydrogen) atoms. The second kappa shape index (κ2) is 10.2. The molecule has 0 saturated carbocycles. The summed E-state index contributed by atoms with van der Waals surface area (Å²) in [4.78, 5) is 9.00. The van der Waals surface area contributed by atoms with Gasteiger partial charge in [-0.1, -0.05) is 6.08 Å². The summed E-state index contributed by atoms with van der Waals surface area (Å²) in [6, 6.07) is 0. The molecule has 54 valence electrons. The second-order valence-electron chi connectivity index (χ2n) is 1.32. The Bertz CT molecular complexity index is 74.4. The van der Waals surface area contributed by atoms with E-state index in [2.05, 4.69) is 6.58 Å². The molecule has 0 aliphatic heterocycles. The first kappa shape index (κ1) is 11.0. The summed E-state index contributed by atoms with van der Waals surface area (Å²) >= 11 is 0. The summed E-state index contributed by atoms with van der Waals surface area (Å²) in [6.45, 7) is 4.70. The number of rotatable bonds is 2. The van der Waals surface area contributed by atoms with Gasteiger partial charge >= 0.3 is 0 Å². The number of hydrogen-bond donors (Lipinski definition) is 2. The number of hydrogen-bond acceptors (Lipinski definition) is 2. The molecule has 0 unspecified atom stereocenters. The average molecular weight is 132 g/mol. The molecule has 2 N–H and O–H groups in total. The third-order valence-corrected chi connectivity index (χ3v) is 0.333. The van der Waals surface area contributed by atoms with E-state index in [-0.39, 0.29) is 6.61 Å². The number of carboxylic acids is 1. The van der Waals surface area contributed by atoms with Crippen molar-refractivity contribution < 1.29 is 15.0 Å². The smallest absolute Gasteiger partial charge is 0.300 e. The second-order valence-corrected chi connectivity index (χ2v) is 1.32. The minimum absolute atomic E-state index is 0.226. The molecule has 0 aliphatic rings. The highest BCUT2D eigenvalue weighted by atomic mass is 16.4. The van der Waals surface area contributed by atoms with Crippen LogP contribution in [0.3, 0.4) is 0 Å². The molecule has 0 saturated heterocycles. The van der Waals surface area contributed by atoms with Gasteiger partial charge in [0.2, 0.25) is 0 Å². The maximum atomic E-state index is 9.00. The van der Waals surface area contributed by atoms with E-state index in [1.807, 2.05) is 0 Å². The van der Waals surface area contributed by atoms with Crippen molar-refractivity contribution in [3.05, 3.63) is 12.7 Å². The number of carbonyl (C=O) groups is 1. The van der Waals surface area contributed by atoms with E-state index in [9.17, 15) is 0 Å². The highest BCUT2D eigenvalue weighted by Gasteiger charge is 1.65. The highest BCUT2D eigenvalue weighted by molar-refractivity contribution is 5.62.